The van der Waals surface area contributed by atoms with Crippen LogP contribution in [0, 0.1) is 11.8 Å². The van der Waals surface area contributed by atoms with Crippen LogP contribution in [0.1, 0.15) is 46.0 Å². The molecule has 0 bridgehead atoms. The fraction of sp³-hybridized carbons (Fsp3) is 0.941. The summed E-state index contributed by atoms with van der Waals surface area (Å²) in [4.78, 5) is 16.3. The molecule has 3 unspecified atom stereocenters. The van der Waals surface area contributed by atoms with E-state index in [-0.39, 0.29) is 12.1 Å². The SMILES string of the molecule is CC1CC(C)CN(CCCCNC(=O)N2CCCC(O)C2)C1. The Balaban J connectivity index is 1.54. The quantitative estimate of drug-likeness (QED) is 0.763. The van der Waals surface area contributed by atoms with Crippen LogP contribution in [0.25, 0.3) is 0 Å². The number of urea groups is 1. The Morgan fingerprint density at radius 1 is 1.18 bits per heavy atom. The highest BCUT2D eigenvalue weighted by Crippen LogP contribution is 2.20. The first-order valence-corrected chi connectivity index (χ1v) is 8.97. The molecule has 2 saturated heterocycles. The van der Waals surface area contributed by atoms with E-state index in [1.807, 2.05) is 0 Å². The fourth-order valence-corrected chi connectivity index (χ4v) is 3.88. The molecule has 0 spiro atoms. The van der Waals surface area contributed by atoms with Gasteiger partial charge in [-0.15, -0.1) is 0 Å². The van der Waals surface area contributed by atoms with Crippen molar-refractivity contribution in [3.8, 4) is 0 Å². The summed E-state index contributed by atoms with van der Waals surface area (Å²) in [6.07, 6.45) is 4.90. The lowest BCUT2D eigenvalue weighted by atomic mass is 9.92. The van der Waals surface area contributed by atoms with Gasteiger partial charge in [0.05, 0.1) is 6.10 Å². The van der Waals surface area contributed by atoms with Crippen LogP contribution < -0.4 is 5.32 Å². The maximum atomic E-state index is 12.0. The van der Waals surface area contributed by atoms with Gasteiger partial charge in [-0.1, -0.05) is 13.8 Å². The number of unbranched alkanes of at least 4 members (excludes halogenated alkanes) is 1. The standard InChI is InChI=1S/C17H33N3O2/c1-14-10-15(2)12-19(11-14)8-4-3-7-18-17(22)20-9-5-6-16(21)13-20/h14-16,21H,3-13H2,1-2H3,(H,18,22). The van der Waals surface area contributed by atoms with Gasteiger partial charge in [-0.2, -0.15) is 0 Å². The lowest BCUT2D eigenvalue weighted by Gasteiger charge is -2.35. The molecule has 0 radical (unpaired) electrons. The van der Waals surface area contributed by atoms with Gasteiger partial charge in [-0.05, 0) is 50.5 Å². The van der Waals surface area contributed by atoms with Gasteiger partial charge in [0, 0.05) is 32.7 Å². The van der Waals surface area contributed by atoms with Crippen molar-refractivity contribution < 1.29 is 9.90 Å². The Bertz CT molecular complexity index is 341. The van der Waals surface area contributed by atoms with E-state index >= 15 is 0 Å². The minimum absolute atomic E-state index is 0.0148. The molecule has 2 fully saturated rings. The van der Waals surface area contributed by atoms with Gasteiger partial charge in [-0.25, -0.2) is 4.79 Å². The highest BCUT2D eigenvalue weighted by atomic mass is 16.3. The number of nitrogens with one attached hydrogen (secondary N) is 1. The number of carbonyl (C=O) groups excluding carboxylic acids is 1. The Kier molecular flexibility index (Phi) is 6.96. The van der Waals surface area contributed by atoms with Crippen molar-refractivity contribution in [2.24, 2.45) is 11.8 Å². The van der Waals surface area contributed by atoms with Crippen LogP contribution in [-0.2, 0) is 0 Å². The molecule has 0 saturated carbocycles. The molecule has 2 aliphatic rings. The molecule has 2 heterocycles. The average molecular weight is 311 g/mol. The molecule has 3 atom stereocenters. The van der Waals surface area contributed by atoms with Crippen molar-refractivity contribution in [3.63, 3.8) is 0 Å². The number of aliphatic hydroxyl groups is 1. The van der Waals surface area contributed by atoms with E-state index in [4.69, 9.17) is 0 Å². The van der Waals surface area contributed by atoms with Crippen molar-refractivity contribution >= 4 is 6.03 Å². The highest BCUT2D eigenvalue weighted by molar-refractivity contribution is 5.74. The molecule has 5 heteroatoms. The summed E-state index contributed by atoms with van der Waals surface area (Å²) in [5.74, 6) is 1.63. The van der Waals surface area contributed by atoms with Crippen LogP contribution in [0.3, 0.4) is 0 Å². The zero-order valence-electron chi connectivity index (χ0n) is 14.3. The van der Waals surface area contributed by atoms with E-state index in [1.165, 1.54) is 19.5 Å². The maximum absolute atomic E-state index is 12.0. The summed E-state index contributed by atoms with van der Waals surface area (Å²) >= 11 is 0. The van der Waals surface area contributed by atoms with Gasteiger partial charge in [0.2, 0.25) is 0 Å². The Hall–Kier alpha value is -0.810. The second kappa shape index (κ2) is 8.73. The number of carbonyl (C=O) groups is 1. The van der Waals surface area contributed by atoms with Crippen LogP contribution in [-0.4, -0.2) is 66.3 Å². The van der Waals surface area contributed by atoms with E-state index in [0.717, 1.165) is 57.2 Å². The zero-order valence-corrected chi connectivity index (χ0v) is 14.3. The van der Waals surface area contributed by atoms with Gasteiger partial charge >= 0.3 is 6.03 Å². The smallest absolute Gasteiger partial charge is 0.317 e. The monoisotopic (exact) mass is 311 g/mol. The molecule has 22 heavy (non-hydrogen) atoms. The Labute approximate surface area is 135 Å². The molecule has 2 aliphatic heterocycles. The van der Waals surface area contributed by atoms with Crippen molar-refractivity contribution in [2.45, 2.75) is 52.1 Å². The summed E-state index contributed by atoms with van der Waals surface area (Å²) in [6.45, 7) is 10.3. The molecule has 0 aromatic heterocycles. The normalized spacial score (nSPS) is 30.3. The number of β-amino-alcohol motifs (C(OH)–C–C–N with tert-alkyl or cyclic N) is 1. The van der Waals surface area contributed by atoms with Crippen LogP contribution >= 0.6 is 0 Å². The summed E-state index contributed by atoms with van der Waals surface area (Å²) < 4.78 is 0. The van der Waals surface area contributed by atoms with E-state index in [0.29, 0.717) is 6.54 Å². The van der Waals surface area contributed by atoms with E-state index < -0.39 is 0 Å². The molecular formula is C17H33N3O2. The second-order valence-corrected chi connectivity index (χ2v) is 7.39. The molecule has 0 aromatic rings. The largest absolute Gasteiger partial charge is 0.391 e. The van der Waals surface area contributed by atoms with Crippen LogP contribution in [0.4, 0.5) is 4.79 Å². The number of piperidine rings is 2. The average Bonchev–Trinajstić information content (AvgIpc) is 2.45. The number of aliphatic hydroxyl groups excluding tert-OH is 1. The predicted octanol–water partition coefficient (Wildman–Crippen LogP) is 1.91. The third kappa shape index (κ3) is 5.76. The lowest BCUT2D eigenvalue weighted by molar-refractivity contribution is 0.0842. The number of nitrogens with zero attached hydrogens (tertiary/aromatic N) is 2. The fourth-order valence-electron chi connectivity index (χ4n) is 3.88. The van der Waals surface area contributed by atoms with Crippen molar-refractivity contribution in [2.75, 3.05) is 39.3 Å². The molecule has 0 aliphatic carbocycles. The van der Waals surface area contributed by atoms with E-state index in [9.17, 15) is 9.90 Å². The van der Waals surface area contributed by atoms with Crippen molar-refractivity contribution in [1.29, 1.82) is 0 Å². The number of amides is 2. The minimum atomic E-state index is -0.345. The third-order valence-corrected chi connectivity index (χ3v) is 4.81. The molecule has 128 valence electrons. The molecule has 2 amide bonds. The topological polar surface area (TPSA) is 55.8 Å². The first-order chi connectivity index (χ1) is 10.5. The lowest BCUT2D eigenvalue weighted by Crippen LogP contribution is -2.47. The number of rotatable bonds is 5. The van der Waals surface area contributed by atoms with Gasteiger partial charge < -0.3 is 20.2 Å². The van der Waals surface area contributed by atoms with Crippen molar-refractivity contribution in [1.82, 2.24) is 15.1 Å². The van der Waals surface area contributed by atoms with Crippen molar-refractivity contribution in [3.05, 3.63) is 0 Å². The number of hydrogen-bond acceptors (Lipinski definition) is 3. The predicted molar refractivity (Wildman–Crippen MR) is 88.8 cm³/mol. The van der Waals surface area contributed by atoms with Crippen LogP contribution in [0.15, 0.2) is 0 Å². The van der Waals surface area contributed by atoms with E-state index in [1.54, 1.807) is 4.90 Å². The highest BCUT2D eigenvalue weighted by Gasteiger charge is 2.22. The summed E-state index contributed by atoms with van der Waals surface area (Å²) in [6, 6.07) is -0.0148. The van der Waals surface area contributed by atoms with E-state index in [2.05, 4.69) is 24.1 Å². The Morgan fingerprint density at radius 2 is 1.91 bits per heavy atom. The van der Waals surface area contributed by atoms with Gasteiger partial charge in [-0.3, -0.25) is 0 Å². The summed E-state index contributed by atoms with van der Waals surface area (Å²) in [5.41, 5.74) is 0. The Morgan fingerprint density at radius 3 is 2.59 bits per heavy atom. The third-order valence-electron chi connectivity index (χ3n) is 4.81. The number of likely N-dealkylation sites (tertiary alicyclic amines) is 2. The molecule has 5 nitrogen and oxygen atoms in total. The minimum Gasteiger partial charge on any atom is -0.391 e. The summed E-state index contributed by atoms with van der Waals surface area (Å²) in [5, 5.41) is 12.6. The molecule has 2 rings (SSSR count). The first kappa shape index (κ1) is 17.5. The number of hydrogen-bond donors (Lipinski definition) is 2. The van der Waals surface area contributed by atoms with Gasteiger partial charge in [0.25, 0.3) is 0 Å². The molecule has 0 aromatic carbocycles. The maximum Gasteiger partial charge on any atom is 0.317 e. The van der Waals surface area contributed by atoms with Crippen LogP contribution in [0.5, 0.6) is 0 Å². The van der Waals surface area contributed by atoms with Gasteiger partial charge in [0.15, 0.2) is 0 Å². The van der Waals surface area contributed by atoms with Crippen LogP contribution in [0.2, 0.25) is 0 Å². The molecular weight excluding hydrogens is 278 g/mol. The molecule has 2 N–H and O–H groups in total. The first-order valence-electron chi connectivity index (χ1n) is 8.97. The van der Waals surface area contributed by atoms with Gasteiger partial charge in [0.1, 0.15) is 0 Å². The second-order valence-electron chi connectivity index (χ2n) is 7.39. The summed E-state index contributed by atoms with van der Waals surface area (Å²) in [7, 11) is 0. The zero-order chi connectivity index (χ0) is 15.9.